The Morgan fingerprint density at radius 3 is 2.12 bits per heavy atom. The zero-order chi connectivity index (χ0) is 30.1. The lowest BCUT2D eigenvalue weighted by molar-refractivity contribution is -0.148. The van der Waals surface area contributed by atoms with Crippen molar-refractivity contribution < 1.29 is 29.3 Å². The molecule has 0 radical (unpaired) electrons. The fourth-order valence-electron chi connectivity index (χ4n) is 4.33. The van der Waals surface area contributed by atoms with Crippen molar-refractivity contribution in [1.82, 2.24) is 15.5 Å². The van der Waals surface area contributed by atoms with Crippen LogP contribution in [-0.2, 0) is 20.7 Å². The Bertz CT molecular complexity index is 1130. The highest BCUT2D eigenvalue weighted by atomic mass is 16.6. The number of amides is 3. The van der Waals surface area contributed by atoms with Gasteiger partial charge in [0, 0.05) is 18.5 Å². The first-order chi connectivity index (χ1) is 18.6. The van der Waals surface area contributed by atoms with Gasteiger partial charge in [0.05, 0.1) is 0 Å². The summed E-state index contributed by atoms with van der Waals surface area (Å²) in [6.07, 6.45) is 2.07. The Morgan fingerprint density at radius 1 is 0.925 bits per heavy atom. The van der Waals surface area contributed by atoms with Crippen LogP contribution in [-0.4, -0.2) is 56.7 Å². The van der Waals surface area contributed by atoms with Crippen LogP contribution in [0.5, 0.6) is 11.5 Å². The molecule has 2 rings (SSSR count). The van der Waals surface area contributed by atoms with E-state index in [1.54, 1.807) is 45.0 Å². The molecule has 0 saturated carbocycles. The molecule has 0 aromatic heterocycles. The second kappa shape index (κ2) is 14.1. The second-order valence-electron chi connectivity index (χ2n) is 11.9. The first kappa shape index (κ1) is 32.5. The summed E-state index contributed by atoms with van der Waals surface area (Å²) in [6.45, 7) is 13.1. The number of hydrogen-bond acceptors (Lipinski definition) is 6. The number of alkyl carbamates (subject to hydrolysis) is 1. The van der Waals surface area contributed by atoms with E-state index in [1.165, 1.54) is 29.2 Å². The van der Waals surface area contributed by atoms with Crippen LogP contribution in [0.15, 0.2) is 48.5 Å². The summed E-state index contributed by atoms with van der Waals surface area (Å²) in [5, 5.41) is 25.6. The Labute approximate surface area is 237 Å². The minimum absolute atomic E-state index is 0.0323. The van der Waals surface area contributed by atoms with Crippen LogP contribution < -0.4 is 10.6 Å². The molecule has 0 aliphatic rings. The minimum atomic E-state index is -1.09. The molecule has 40 heavy (non-hydrogen) atoms. The first-order valence-corrected chi connectivity index (χ1v) is 13.8. The average Bonchev–Trinajstić information content (AvgIpc) is 2.83. The number of nitrogens with one attached hydrogen (secondary N) is 2. The summed E-state index contributed by atoms with van der Waals surface area (Å²) >= 11 is 0. The quantitative estimate of drug-likeness (QED) is 0.282. The highest BCUT2D eigenvalue weighted by Gasteiger charge is 2.42. The molecule has 0 heterocycles. The predicted octanol–water partition coefficient (Wildman–Crippen LogP) is 5.21. The number of benzene rings is 2. The number of aromatic hydroxyl groups is 2. The number of rotatable bonds is 11. The van der Waals surface area contributed by atoms with Crippen LogP contribution in [0.3, 0.4) is 0 Å². The highest BCUT2D eigenvalue weighted by Crippen LogP contribution is 2.32. The lowest BCUT2D eigenvalue weighted by atomic mass is 9.94. The van der Waals surface area contributed by atoms with E-state index in [0.717, 1.165) is 19.3 Å². The van der Waals surface area contributed by atoms with Gasteiger partial charge in [-0.3, -0.25) is 9.59 Å². The van der Waals surface area contributed by atoms with Crippen LogP contribution >= 0.6 is 0 Å². The topological polar surface area (TPSA) is 128 Å². The monoisotopic (exact) mass is 555 g/mol. The second-order valence-corrected chi connectivity index (χ2v) is 11.9. The maximum absolute atomic E-state index is 14.4. The highest BCUT2D eigenvalue weighted by molar-refractivity contribution is 5.93. The number of phenols is 2. The molecule has 9 nitrogen and oxygen atoms in total. The number of unbranched alkanes of at least 4 members (excludes halogenated alkanes) is 2. The van der Waals surface area contributed by atoms with Gasteiger partial charge in [-0.1, -0.05) is 44.0 Å². The van der Waals surface area contributed by atoms with Crippen LogP contribution in [0.2, 0.25) is 0 Å². The Balaban J connectivity index is 2.56. The fraction of sp³-hybridized carbons (Fsp3) is 0.516. The zero-order valence-electron chi connectivity index (χ0n) is 24.8. The number of ether oxygens (including phenoxy) is 1. The molecule has 2 aromatic rings. The van der Waals surface area contributed by atoms with Crippen molar-refractivity contribution >= 4 is 17.9 Å². The van der Waals surface area contributed by atoms with E-state index in [2.05, 4.69) is 17.6 Å². The number of carbonyl (C=O) groups is 3. The van der Waals surface area contributed by atoms with Gasteiger partial charge in [-0.15, -0.1) is 0 Å². The maximum atomic E-state index is 14.4. The van der Waals surface area contributed by atoms with E-state index in [4.69, 9.17) is 4.74 Å². The molecular weight excluding hydrogens is 510 g/mol. The van der Waals surface area contributed by atoms with Crippen molar-refractivity contribution in [1.29, 1.82) is 0 Å². The molecule has 0 aliphatic carbocycles. The average molecular weight is 556 g/mol. The summed E-state index contributed by atoms with van der Waals surface area (Å²) in [5.41, 5.74) is -0.518. The van der Waals surface area contributed by atoms with E-state index >= 15 is 0 Å². The van der Waals surface area contributed by atoms with Crippen molar-refractivity contribution in [2.45, 2.75) is 97.4 Å². The van der Waals surface area contributed by atoms with E-state index in [0.29, 0.717) is 17.7 Å². The third kappa shape index (κ3) is 10.1. The number of carbonyl (C=O) groups excluding carboxylic acids is 3. The molecule has 0 saturated heterocycles. The van der Waals surface area contributed by atoms with Crippen molar-refractivity contribution in [3.63, 3.8) is 0 Å². The molecule has 2 unspecified atom stereocenters. The summed E-state index contributed by atoms with van der Waals surface area (Å²) in [6, 6.07) is 10.5. The molecule has 0 spiro atoms. The number of nitrogens with zero attached hydrogens (tertiary/aromatic N) is 1. The summed E-state index contributed by atoms with van der Waals surface area (Å²) in [5.74, 6) is -0.837. The molecule has 0 bridgehead atoms. The predicted molar refractivity (Wildman–Crippen MR) is 155 cm³/mol. The molecule has 2 aromatic carbocycles. The van der Waals surface area contributed by atoms with Crippen LogP contribution in [0.1, 0.15) is 84.9 Å². The Hall–Kier alpha value is -3.75. The standard InChI is InChI=1S/C31H45N3O6/c1-8-9-10-18-32-27(37)26(22-12-11-13-24(36)20-22)34(30(2,3)4)28(38)25(33-29(39)40-31(5,6)7)19-21-14-16-23(35)17-15-21/h11-17,20,25-26,35-36H,8-10,18-19H2,1-7H3,(H,32,37)(H,33,39). The van der Waals surface area contributed by atoms with E-state index in [1.807, 2.05) is 20.8 Å². The molecule has 0 aliphatic heterocycles. The van der Waals surface area contributed by atoms with Gasteiger partial charge < -0.3 is 30.5 Å². The van der Waals surface area contributed by atoms with Crippen molar-refractivity contribution in [3.05, 3.63) is 59.7 Å². The van der Waals surface area contributed by atoms with Gasteiger partial charge in [0.15, 0.2) is 0 Å². The van der Waals surface area contributed by atoms with Gasteiger partial charge in [0.2, 0.25) is 11.8 Å². The third-order valence-corrected chi connectivity index (χ3v) is 6.10. The molecular formula is C31H45N3O6. The van der Waals surface area contributed by atoms with Crippen molar-refractivity contribution in [2.24, 2.45) is 0 Å². The van der Waals surface area contributed by atoms with E-state index in [-0.39, 0.29) is 23.8 Å². The molecule has 2 atom stereocenters. The van der Waals surface area contributed by atoms with Gasteiger partial charge in [-0.05, 0) is 83.4 Å². The fourth-order valence-corrected chi connectivity index (χ4v) is 4.33. The Kier molecular flexibility index (Phi) is 11.4. The smallest absolute Gasteiger partial charge is 0.408 e. The van der Waals surface area contributed by atoms with Gasteiger partial charge in [0.25, 0.3) is 0 Å². The normalized spacial score (nSPS) is 13.2. The molecule has 4 N–H and O–H groups in total. The van der Waals surface area contributed by atoms with Gasteiger partial charge in [0.1, 0.15) is 29.2 Å². The molecule has 9 heteroatoms. The van der Waals surface area contributed by atoms with Crippen LogP contribution in [0, 0.1) is 0 Å². The van der Waals surface area contributed by atoms with Crippen LogP contribution in [0.25, 0.3) is 0 Å². The van der Waals surface area contributed by atoms with Gasteiger partial charge >= 0.3 is 6.09 Å². The van der Waals surface area contributed by atoms with Gasteiger partial charge in [-0.25, -0.2) is 4.79 Å². The first-order valence-electron chi connectivity index (χ1n) is 13.8. The summed E-state index contributed by atoms with van der Waals surface area (Å²) < 4.78 is 5.45. The Morgan fingerprint density at radius 2 is 1.57 bits per heavy atom. The lowest BCUT2D eigenvalue weighted by Gasteiger charge is -2.43. The maximum Gasteiger partial charge on any atom is 0.408 e. The van der Waals surface area contributed by atoms with Crippen LogP contribution in [0.4, 0.5) is 4.79 Å². The largest absolute Gasteiger partial charge is 0.508 e. The van der Waals surface area contributed by atoms with E-state index in [9.17, 15) is 24.6 Å². The lowest BCUT2D eigenvalue weighted by Crippen LogP contribution is -2.59. The SMILES string of the molecule is CCCCCNC(=O)C(c1cccc(O)c1)N(C(=O)C(Cc1ccc(O)cc1)NC(=O)OC(C)(C)C)C(C)(C)C. The minimum Gasteiger partial charge on any atom is -0.508 e. The molecule has 0 fully saturated rings. The summed E-state index contributed by atoms with van der Waals surface area (Å²) in [7, 11) is 0. The van der Waals surface area contributed by atoms with Crippen molar-refractivity contribution in [2.75, 3.05) is 6.54 Å². The third-order valence-electron chi connectivity index (χ3n) is 6.10. The number of phenolic OH excluding ortho intramolecular Hbond substituents is 2. The molecule has 3 amide bonds. The van der Waals surface area contributed by atoms with Crippen molar-refractivity contribution in [3.8, 4) is 11.5 Å². The number of hydrogen-bond donors (Lipinski definition) is 4. The molecule has 220 valence electrons. The van der Waals surface area contributed by atoms with E-state index < -0.39 is 35.2 Å². The van der Waals surface area contributed by atoms with Gasteiger partial charge in [-0.2, -0.15) is 0 Å². The summed E-state index contributed by atoms with van der Waals surface area (Å²) in [4.78, 5) is 42.4. The zero-order valence-corrected chi connectivity index (χ0v) is 24.8.